The first kappa shape index (κ1) is 18.7. The van der Waals surface area contributed by atoms with E-state index in [1.807, 2.05) is 4.90 Å². The van der Waals surface area contributed by atoms with E-state index in [4.69, 9.17) is 10.5 Å². The van der Waals surface area contributed by atoms with Crippen molar-refractivity contribution in [3.05, 3.63) is 0 Å². The lowest BCUT2D eigenvalue weighted by Crippen LogP contribution is -2.40. The van der Waals surface area contributed by atoms with Crippen molar-refractivity contribution in [3.8, 4) is 0 Å². The standard InChI is InChI=1S/C14H28N2O2.ClH/c1-3-5-9-16(10-6-4-2)14(17)13-8-7-12(11-15)18-13;/h12-13H,3-11,15H2,1-2H3;1H/t12-,13+;/m1./s1. The molecule has 1 aliphatic heterocycles. The van der Waals surface area contributed by atoms with Gasteiger partial charge in [0.1, 0.15) is 6.10 Å². The summed E-state index contributed by atoms with van der Waals surface area (Å²) in [4.78, 5) is 14.4. The van der Waals surface area contributed by atoms with Crippen LogP contribution in [0, 0.1) is 0 Å². The second kappa shape index (κ2) is 10.5. The van der Waals surface area contributed by atoms with Crippen molar-refractivity contribution in [2.75, 3.05) is 19.6 Å². The molecular weight excluding hydrogens is 264 g/mol. The van der Waals surface area contributed by atoms with Gasteiger partial charge in [0.05, 0.1) is 6.10 Å². The van der Waals surface area contributed by atoms with Gasteiger partial charge < -0.3 is 15.4 Å². The number of halogens is 1. The van der Waals surface area contributed by atoms with Crippen LogP contribution in [0.5, 0.6) is 0 Å². The third kappa shape index (κ3) is 6.11. The van der Waals surface area contributed by atoms with Crippen LogP contribution in [0.2, 0.25) is 0 Å². The number of unbranched alkanes of at least 4 members (excludes halogenated alkanes) is 2. The molecule has 0 unspecified atom stereocenters. The first-order chi connectivity index (χ1) is 8.72. The summed E-state index contributed by atoms with van der Waals surface area (Å²) in [6.07, 6.45) is 5.97. The van der Waals surface area contributed by atoms with Gasteiger partial charge in [-0.3, -0.25) is 4.79 Å². The van der Waals surface area contributed by atoms with E-state index >= 15 is 0 Å². The van der Waals surface area contributed by atoms with Crippen LogP contribution in [-0.2, 0) is 9.53 Å². The molecule has 4 nitrogen and oxygen atoms in total. The molecule has 1 heterocycles. The van der Waals surface area contributed by atoms with E-state index in [2.05, 4.69) is 13.8 Å². The average molecular weight is 293 g/mol. The number of nitrogens with zero attached hydrogens (tertiary/aromatic N) is 1. The topological polar surface area (TPSA) is 55.6 Å². The number of amides is 1. The lowest BCUT2D eigenvalue weighted by atomic mass is 10.1. The number of nitrogens with two attached hydrogens (primary N) is 1. The highest BCUT2D eigenvalue weighted by Crippen LogP contribution is 2.21. The van der Waals surface area contributed by atoms with Gasteiger partial charge in [0.25, 0.3) is 5.91 Å². The average Bonchev–Trinajstić information content (AvgIpc) is 2.87. The van der Waals surface area contributed by atoms with Gasteiger partial charge in [-0.15, -0.1) is 12.4 Å². The second-order valence-electron chi connectivity index (χ2n) is 5.09. The van der Waals surface area contributed by atoms with Crippen LogP contribution >= 0.6 is 12.4 Å². The van der Waals surface area contributed by atoms with Gasteiger partial charge >= 0.3 is 0 Å². The molecule has 0 aromatic rings. The van der Waals surface area contributed by atoms with E-state index in [1.54, 1.807) is 0 Å². The summed E-state index contributed by atoms with van der Waals surface area (Å²) in [6.45, 7) is 6.55. The minimum Gasteiger partial charge on any atom is -0.364 e. The second-order valence-corrected chi connectivity index (χ2v) is 5.09. The summed E-state index contributed by atoms with van der Waals surface area (Å²) >= 11 is 0. The zero-order valence-corrected chi connectivity index (χ0v) is 13.1. The monoisotopic (exact) mass is 292 g/mol. The Kier molecular flexibility index (Phi) is 10.3. The zero-order chi connectivity index (χ0) is 13.4. The maximum absolute atomic E-state index is 12.4. The van der Waals surface area contributed by atoms with Crippen molar-refractivity contribution in [3.63, 3.8) is 0 Å². The van der Waals surface area contributed by atoms with Crippen LogP contribution in [0.3, 0.4) is 0 Å². The predicted molar refractivity (Wildman–Crippen MR) is 80.6 cm³/mol. The molecule has 1 saturated heterocycles. The van der Waals surface area contributed by atoms with Crippen LogP contribution in [0.15, 0.2) is 0 Å². The smallest absolute Gasteiger partial charge is 0.251 e. The molecule has 1 aliphatic rings. The van der Waals surface area contributed by atoms with Crippen molar-refractivity contribution in [2.45, 2.75) is 64.6 Å². The Morgan fingerprint density at radius 1 is 1.21 bits per heavy atom. The molecule has 5 heteroatoms. The summed E-state index contributed by atoms with van der Waals surface area (Å²) < 4.78 is 5.70. The van der Waals surface area contributed by atoms with E-state index < -0.39 is 0 Å². The Labute approximate surface area is 123 Å². The van der Waals surface area contributed by atoms with Gasteiger partial charge in [0.2, 0.25) is 0 Å². The van der Waals surface area contributed by atoms with Crippen molar-refractivity contribution in [1.82, 2.24) is 4.90 Å². The molecule has 0 saturated carbocycles. The fraction of sp³-hybridized carbons (Fsp3) is 0.929. The third-order valence-corrected chi connectivity index (χ3v) is 3.52. The molecule has 0 bridgehead atoms. The fourth-order valence-corrected chi connectivity index (χ4v) is 2.29. The summed E-state index contributed by atoms with van der Waals surface area (Å²) in [5.74, 6) is 0.174. The largest absolute Gasteiger partial charge is 0.364 e. The van der Waals surface area contributed by atoms with Crippen LogP contribution in [0.25, 0.3) is 0 Å². The molecule has 0 aromatic heterocycles. The molecule has 114 valence electrons. The number of ether oxygens (including phenoxy) is 1. The van der Waals surface area contributed by atoms with E-state index in [9.17, 15) is 4.79 Å². The number of hydrogen-bond donors (Lipinski definition) is 1. The number of hydrogen-bond acceptors (Lipinski definition) is 3. The van der Waals surface area contributed by atoms with Crippen LogP contribution in [0.1, 0.15) is 52.4 Å². The van der Waals surface area contributed by atoms with Gasteiger partial charge in [-0.2, -0.15) is 0 Å². The van der Waals surface area contributed by atoms with Gasteiger partial charge in [-0.25, -0.2) is 0 Å². The first-order valence-corrected chi connectivity index (χ1v) is 7.37. The maximum Gasteiger partial charge on any atom is 0.251 e. The highest BCUT2D eigenvalue weighted by molar-refractivity contribution is 5.85. The van der Waals surface area contributed by atoms with Crippen molar-refractivity contribution in [1.29, 1.82) is 0 Å². The SMILES string of the molecule is CCCCN(CCCC)C(=O)[C@@H]1CC[C@H](CN)O1.Cl. The fourth-order valence-electron chi connectivity index (χ4n) is 2.29. The van der Waals surface area contributed by atoms with Gasteiger partial charge in [0.15, 0.2) is 0 Å². The van der Waals surface area contributed by atoms with Gasteiger partial charge in [-0.1, -0.05) is 26.7 Å². The maximum atomic E-state index is 12.4. The third-order valence-electron chi connectivity index (χ3n) is 3.52. The van der Waals surface area contributed by atoms with Crippen molar-refractivity contribution >= 4 is 18.3 Å². The van der Waals surface area contributed by atoms with Gasteiger partial charge in [0, 0.05) is 19.6 Å². The Bertz CT molecular complexity index is 244. The summed E-state index contributed by atoms with van der Waals surface area (Å²) in [7, 11) is 0. The Hall–Kier alpha value is -0.320. The lowest BCUT2D eigenvalue weighted by molar-refractivity contribution is -0.142. The number of carbonyl (C=O) groups excluding carboxylic acids is 1. The van der Waals surface area contributed by atoms with E-state index in [1.165, 1.54) is 0 Å². The van der Waals surface area contributed by atoms with Crippen LogP contribution in [-0.4, -0.2) is 42.6 Å². The first-order valence-electron chi connectivity index (χ1n) is 7.37. The van der Waals surface area contributed by atoms with E-state index in [0.717, 1.165) is 51.6 Å². The minimum atomic E-state index is -0.243. The highest BCUT2D eigenvalue weighted by Gasteiger charge is 2.32. The molecule has 19 heavy (non-hydrogen) atoms. The van der Waals surface area contributed by atoms with Crippen LogP contribution < -0.4 is 5.73 Å². The Morgan fingerprint density at radius 2 is 1.79 bits per heavy atom. The zero-order valence-electron chi connectivity index (χ0n) is 12.3. The molecule has 1 amide bonds. The normalized spacial score (nSPS) is 22.1. The number of carbonyl (C=O) groups is 1. The highest BCUT2D eigenvalue weighted by atomic mass is 35.5. The van der Waals surface area contributed by atoms with Crippen molar-refractivity contribution in [2.24, 2.45) is 5.73 Å². The molecular formula is C14H29ClN2O2. The summed E-state index contributed by atoms with van der Waals surface area (Å²) in [5.41, 5.74) is 5.58. The summed E-state index contributed by atoms with van der Waals surface area (Å²) in [6, 6.07) is 0. The molecule has 0 spiro atoms. The quantitative estimate of drug-likeness (QED) is 0.747. The van der Waals surface area contributed by atoms with E-state index in [-0.39, 0.29) is 30.5 Å². The predicted octanol–water partition coefficient (Wildman–Crippen LogP) is 2.34. The molecule has 2 N–H and O–H groups in total. The van der Waals surface area contributed by atoms with Crippen molar-refractivity contribution < 1.29 is 9.53 Å². The molecule has 2 atom stereocenters. The lowest BCUT2D eigenvalue weighted by Gasteiger charge is -2.25. The number of rotatable bonds is 8. The molecule has 1 rings (SSSR count). The summed E-state index contributed by atoms with van der Waals surface area (Å²) in [5, 5.41) is 0. The minimum absolute atomic E-state index is 0. The molecule has 1 fully saturated rings. The molecule has 0 aromatic carbocycles. The molecule has 0 aliphatic carbocycles. The molecule has 0 radical (unpaired) electrons. The Morgan fingerprint density at radius 3 is 2.21 bits per heavy atom. The van der Waals surface area contributed by atoms with Crippen LogP contribution in [0.4, 0.5) is 0 Å². The Balaban J connectivity index is 0.00000324. The van der Waals surface area contributed by atoms with Gasteiger partial charge in [-0.05, 0) is 25.7 Å². The van der Waals surface area contributed by atoms with E-state index in [0.29, 0.717) is 6.54 Å².